The normalized spacial score (nSPS) is 19.8. The van der Waals surface area contributed by atoms with Gasteiger partial charge in [0, 0.05) is 18.5 Å². The highest BCUT2D eigenvalue weighted by Crippen LogP contribution is 2.50. The van der Waals surface area contributed by atoms with E-state index in [0.29, 0.717) is 0 Å². The van der Waals surface area contributed by atoms with Crippen molar-refractivity contribution in [3.05, 3.63) is 46.7 Å². The number of fused-ring (bicyclic) bond motifs is 2. The molecule has 0 bridgehead atoms. The molecule has 132 valence electrons. The molecule has 2 aromatic rings. The van der Waals surface area contributed by atoms with Crippen LogP contribution in [0.5, 0.6) is 0 Å². The minimum Gasteiger partial charge on any atom is -0.308 e. The Morgan fingerprint density at radius 2 is 1.92 bits per heavy atom. The van der Waals surface area contributed by atoms with E-state index in [-0.39, 0.29) is 11.3 Å². The third-order valence-corrected chi connectivity index (χ3v) is 6.28. The van der Waals surface area contributed by atoms with E-state index in [1.165, 1.54) is 5.56 Å². The van der Waals surface area contributed by atoms with Crippen LogP contribution in [0.15, 0.2) is 41.1 Å². The van der Waals surface area contributed by atoms with Gasteiger partial charge in [-0.05, 0) is 63.1 Å². The molecule has 0 aliphatic carbocycles. The first-order valence-corrected chi connectivity index (χ1v) is 9.89. The number of likely N-dealkylation sites (N-methyl/N-ethyl adjacent to an activating group) is 1. The molecule has 4 nitrogen and oxygen atoms in total. The highest BCUT2D eigenvalue weighted by Gasteiger charge is 2.52. The number of anilines is 2. The Kier molecular flexibility index (Phi) is 4.40. The topological polar surface area (TPSA) is 26.8 Å². The lowest BCUT2D eigenvalue weighted by molar-refractivity contribution is -0.124. The number of piperidine rings is 1. The van der Waals surface area contributed by atoms with Crippen molar-refractivity contribution in [1.82, 2.24) is 9.80 Å². The Hall–Kier alpha value is -1.69. The minimum absolute atomic E-state index is 0.263. The minimum atomic E-state index is -0.340. The average Bonchev–Trinajstić information content (AvgIpc) is 3.21. The van der Waals surface area contributed by atoms with Crippen LogP contribution < -0.4 is 4.90 Å². The Labute approximate surface area is 153 Å². The van der Waals surface area contributed by atoms with Crippen LogP contribution in [0.1, 0.15) is 18.4 Å². The Bertz CT molecular complexity index is 748. The van der Waals surface area contributed by atoms with Crippen LogP contribution in [0.2, 0.25) is 0 Å². The summed E-state index contributed by atoms with van der Waals surface area (Å²) in [4.78, 5) is 20.2. The number of benzene rings is 1. The lowest BCUT2D eigenvalue weighted by Crippen LogP contribution is -2.49. The van der Waals surface area contributed by atoms with Gasteiger partial charge in [0.15, 0.2) is 0 Å². The molecule has 0 saturated carbocycles. The van der Waals surface area contributed by atoms with Gasteiger partial charge in [0.2, 0.25) is 5.91 Å². The van der Waals surface area contributed by atoms with E-state index in [0.717, 1.165) is 50.4 Å². The van der Waals surface area contributed by atoms with Crippen molar-refractivity contribution in [2.75, 3.05) is 45.2 Å². The molecule has 5 heteroatoms. The highest BCUT2D eigenvalue weighted by molar-refractivity contribution is 7.08. The summed E-state index contributed by atoms with van der Waals surface area (Å²) in [6.07, 6.45) is 1.83. The van der Waals surface area contributed by atoms with Crippen molar-refractivity contribution in [3.8, 4) is 0 Å². The van der Waals surface area contributed by atoms with E-state index < -0.39 is 0 Å². The molecule has 2 aliphatic rings. The Morgan fingerprint density at radius 1 is 1.16 bits per heavy atom. The molecule has 1 fully saturated rings. The molecule has 0 radical (unpaired) electrons. The smallest absolute Gasteiger partial charge is 0.242 e. The molecule has 3 heterocycles. The number of likely N-dealkylation sites (tertiary alicyclic amines) is 1. The Morgan fingerprint density at radius 3 is 2.60 bits per heavy atom. The maximum absolute atomic E-state index is 13.5. The summed E-state index contributed by atoms with van der Waals surface area (Å²) in [5.41, 5.74) is 2.97. The van der Waals surface area contributed by atoms with Crippen molar-refractivity contribution < 1.29 is 4.79 Å². The summed E-state index contributed by atoms with van der Waals surface area (Å²) in [6, 6.07) is 10.4. The molecule has 1 amide bonds. The molecule has 0 unspecified atom stereocenters. The summed E-state index contributed by atoms with van der Waals surface area (Å²) in [7, 11) is 4.22. The van der Waals surface area contributed by atoms with Crippen molar-refractivity contribution in [2.45, 2.75) is 18.3 Å². The number of rotatable bonds is 4. The monoisotopic (exact) mass is 355 g/mol. The van der Waals surface area contributed by atoms with E-state index in [9.17, 15) is 4.79 Å². The van der Waals surface area contributed by atoms with Crippen molar-refractivity contribution >= 4 is 28.6 Å². The van der Waals surface area contributed by atoms with Crippen LogP contribution in [-0.4, -0.2) is 56.0 Å². The summed E-state index contributed by atoms with van der Waals surface area (Å²) in [5.74, 6) is 0.263. The highest BCUT2D eigenvalue weighted by atomic mass is 32.1. The molecule has 1 saturated heterocycles. The number of carbonyl (C=O) groups excluding carboxylic acids is 1. The number of nitrogens with zero attached hydrogens (tertiary/aromatic N) is 3. The predicted octanol–water partition coefficient (Wildman–Crippen LogP) is 3.32. The fourth-order valence-electron chi connectivity index (χ4n) is 4.14. The van der Waals surface area contributed by atoms with Gasteiger partial charge in [0.05, 0.1) is 16.8 Å². The predicted molar refractivity (Wildman–Crippen MR) is 104 cm³/mol. The summed E-state index contributed by atoms with van der Waals surface area (Å²) >= 11 is 1.64. The van der Waals surface area contributed by atoms with E-state index >= 15 is 0 Å². The fraction of sp³-hybridized carbons (Fsp3) is 0.450. The summed E-state index contributed by atoms with van der Waals surface area (Å²) < 4.78 is 0. The van der Waals surface area contributed by atoms with Gasteiger partial charge < -0.3 is 9.80 Å². The number of amides is 1. The second-order valence-corrected chi connectivity index (χ2v) is 8.15. The van der Waals surface area contributed by atoms with Gasteiger partial charge in [0.1, 0.15) is 0 Å². The van der Waals surface area contributed by atoms with Crippen LogP contribution in [-0.2, 0) is 10.2 Å². The van der Waals surface area contributed by atoms with Crippen LogP contribution in [0.25, 0.3) is 0 Å². The first kappa shape index (κ1) is 16.8. The molecular weight excluding hydrogens is 330 g/mol. The first-order chi connectivity index (χ1) is 12.1. The van der Waals surface area contributed by atoms with Crippen LogP contribution in [0, 0.1) is 0 Å². The van der Waals surface area contributed by atoms with Crippen LogP contribution >= 0.6 is 11.3 Å². The quantitative estimate of drug-likeness (QED) is 0.842. The van der Waals surface area contributed by atoms with Crippen molar-refractivity contribution in [3.63, 3.8) is 0 Å². The van der Waals surface area contributed by atoms with Gasteiger partial charge >= 0.3 is 0 Å². The van der Waals surface area contributed by atoms with E-state index in [1.54, 1.807) is 11.3 Å². The zero-order chi connectivity index (χ0) is 17.4. The first-order valence-electron chi connectivity index (χ1n) is 8.95. The SMILES string of the molecule is CN(C)CCN1CCC2(CC1)C(=O)N(c1ccsc1)c1ccccc12. The molecule has 2 aliphatic heterocycles. The average molecular weight is 356 g/mol. The third kappa shape index (κ3) is 2.80. The van der Waals surface area contributed by atoms with Crippen molar-refractivity contribution in [1.29, 1.82) is 0 Å². The molecule has 1 aromatic heterocycles. The van der Waals surface area contributed by atoms with Crippen molar-refractivity contribution in [2.24, 2.45) is 0 Å². The molecule has 1 spiro atoms. The molecule has 0 N–H and O–H groups in total. The zero-order valence-corrected chi connectivity index (χ0v) is 15.8. The maximum atomic E-state index is 13.5. The number of hydrogen-bond donors (Lipinski definition) is 0. The molecular formula is C20H25N3OS. The summed E-state index contributed by atoms with van der Waals surface area (Å²) in [5, 5.41) is 4.11. The molecule has 4 rings (SSSR count). The third-order valence-electron chi connectivity index (χ3n) is 5.61. The van der Waals surface area contributed by atoms with Gasteiger partial charge in [-0.15, -0.1) is 0 Å². The van der Waals surface area contributed by atoms with Crippen LogP contribution in [0.3, 0.4) is 0 Å². The van der Waals surface area contributed by atoms with Gasteiger partial charge in [-0.1, -0.05) is 18.2 Å². The maximum Gasteiger partial charge on any atom is 0.242 e. The van der Waals surface area contributed by atoms with Gasteiger partial charge in [-0.25, -0.2) is 0 Å². The molecule has 25 heavy (non-hydrogen) atoms. The second-order valence-electron chi connectivity index (χ2n) is 7.37. The fourth-order valence-corrected chi connectivity index (χ4v) is 4.76. The lowest BCUT2D eigenvalue weighted by Gasteiger charge is -2.38. The standard InChI is InChI=1S/C20H25N3OS/c1-21(2)12-13-22-10-8-20(9-11-22)17-5-3-4-6-18(17)23(19(20)24)16-7-14-25-15-16/h3-7,14-15H,8-13H2,1-2H3. The molecule has 0 atom stereocenters. The van der Waals surface area contributed by atoms with Crippen LogP contribution in [0.4, 0.5) is 11.4 Å². The van der Waals surface area contributed by atoms with E-state index in [1.807, 2.05) is 22.4 Å². The lowest BCUT2D eigenvalue weighted by atomic mass is 9.73. The summed E-state index contributed by atoms with van der Waals surface area (Å²) in [6.45, 7) is 4.13. The van der Waals surface area contributed by atoms with Gasteiger partial charge in [0.25, 0.3) is 0 Å². The van der Waals surface area contributed by atoms with Gasteiger partial charge in [-0.3, -0.25) is 9.69 Å². The number of hydrogen-bond acceptors (Lipinski definition) is 4. The van der Waals surface area contributed by atoms with E-state index in [4.69, 9.17) is 0 Å². The van der Waals surface area contributed by atoms with E-state index in [2.05, 4.69) is 47.5 Å². The molecule has 1 aromatic carbocycles. The Balaban J connectivity index is 1.62. The number of carbonyl (C=O) groups is 1. The number of para-hydroxylation sites is 1. The zero-order valence-electron chi connectivity index (χ0n) is 14.9. The largest absolute Gasteiger partial charge is 0.308 e. The second kappa shape index (κ2) is 6.56. The number of thiophene rings is 1. The van der Waals surface area contributed by atoms with Gasteiger partial charge in [-0.2, -0.15) is 11.3 Å².